The predicted octanol–water partition coefficient (Wildman–Crippen LogP) is 2.75. The third-order valence-corrected chi connectivity index (χ3v) is 4.42. The quantitative estimate of drug-likeness (QED) is 0.906. The smallest absolute Gasteiger partial charge is 0.270 e. The van der Waals surface area contributed by atoms with Crippen molar-refractivity contribution in [1.29, 1.82) is 5.26 Å². The molecule has 0 bridgehead atoms. The number of amides is 1. The molecule has 0 aliphatic carbocycles. The fraction of sp³-hybridized carbons (Fsp3) is 0.333. The maximum atomic E-state index is 13.0. The van der Waals surface area contributed by atoms with Crippen molar-refractivity contribution in [3.05, 3.63) is 59.2 Å². The van der Waals surface area contributed by atoms with E-state index in [1.165, 1.54) is 12.1 Å². The lowest BCUT2D eigenvalue weighted by atomic mass is 10.0. The standard InChI is InChI=1S/C18H18FN3O2/c19-13-5-3-12(4-6-13)17(23)10-15-2-1-9-22(15)18(24)16-8-7-14(11-20)21-16/h3-8,15,17,21,23H,1-2,9-10H2. The molecule has 2 N–H and O–H groups in total. The summed E-state index contributed by atoms with van der Waals surface area (Å²) in [6, 6.07) is 10.8. The second kappa shape index (κ2) is 6.85. The van der Waals surface area contributed by atoms with Crippen LogP contribution in [0.1, 0.15) is 47.1 Å². The van der Waals surface area contributed by atoms with Gasteiger partial charge in [0.15, 0.2) is 0 Å². The van der Waals surface area contributed by atoms with Crippen LogP contribution in [0.5, 0.6) is 0 Å². The summed E-state index contributed by atoms with van der Waals surface area (Å²) in [4.78, 5) is 17.1. The third kappa shape index (κ3) is 3.31. The summed E-state index contributed by atoms with van der Waals surface area (Å²) in [6.45, 7) is 0.626. The molecule has 1 fully saturated rings. The molecule has 1 aliphatic rings. The molecule has 124 valence electrons. The van der Waals surface area contributed by atoms with Crippen molar-refractivity contribution < 1.29 is 14.3 Å². The number of carbonyl (C=O) groups is 1. The Hall–Kier alpha value is -2.65. The van der Waals surface area contributed by atoms with E-state index in [2.05, 4.69) is 4.98 Å². The van der Waals surface area contributed by atoms with E-state index in [1.807, 2.05) is 6.07 Å². The van der Waals surface area contributed by atoms with Gasteiger partial charge in [-0.1, -0.05) is 12.1 Å². The number of likely N-dealkylation sites (tertiary alicyclic amines) is 1. The number of nitrogens with one attached hydrogen (secondary N) is 1. The van der Waals surface area contributed by atoms with Crippen molar-refractivity contribution in [2.24, 2.45) is 0 Å². The van der Waals surface area contributed by atoms with Crippen LogP contribution in [0.25, 0.3) is 0 Å². The van der Waals surface area contributed by atoms with Crippen LogP contribution in [0.2, 0.25) is 0 Å². The molecule has 1 aromatic carbocycles. The molecule has 0 radical (unpaired) electrons. The SMILES string of the molecule is N#Cc1ccc(C(=O)N2CCCC2CC(O)c2ccc(F)cc2)[nH]1. The van der Waals surface area contributed by atoms with Crippen molar-refractivity contribution in [1.82, 2.24) is 9.88 Å². The zero-order chi connectivity index (χ0) is 17.1. The number of nitriles is 1. The van der Waals surface area contributed by atoms with Crippen LogP contribution >= 0.6 is 0 Å². The molecule has 1 amide bonds. The van der Waals surface area contributed by atoms with E-state index >= 15 is 0 Å². The van der Waals surface area contributed by atoms with Crippen LogP contribution in [0.15, 0.2) is 36.4 Å². The molecule has 0 saturated carbocycles. The van der Waals surface area contributed by atoms with Gasteiger partial charge < -0.3 is 15.0 Å². The normalized spacial score (nSPS) is 18.4. The number of nitrogens with zero attached hydrogens (tertiary/aromatic N) is 2. The first kappa shape index (κ1) is 16.2. The molecule has 1 aliphatic heterocycles. The van der Waals surface area contributed by atoms with E-state index in [4.69, 9.17) is 5.26 Å². The van der Waals surface area contributed by atoms with Crippen molar-refractivity contribution in [2.75, 3.05) is 6.54 Å². The number of benzene rings is 1. The summed E-state index contributed by atoms with van der Waals surface area (Å²) in [5.74, 6) is -0.506. The Morgan fingerprint density at radius 3 is 2.79 bits per heavy atom. The number of H-pyrrole nitrogens is 1. The van der Waals surface area contributed by atoms with Crippen molar-refractivity contribution in [3.63, 3.8) is 0 Å². The molecule has 2 atom stereocenters. The van der Waals surface area contributed by atoms with E-state index in [1.54, 1.807) is 29.2 Å². The zero-order valence-electron chi connectivity index (χ0n) is 13.1. The summed E-state index contributed by atoms with van der Waals surface area (Å²) < 4.78 is 13.0. The largest absolute Gasteiger partial charge is 0.388 e. The van der Waals surface area contributed by atoms with Gasteiger partial charge in [-0.25, -0.2) is 4.39 Å². The van der Waals surface area contributed by atoms with Gasteiger partial charge in [-0.3, -0.25) is 4.79 Å². The van der Waals surface area contributed by atoms with Crippen molar-refractivity contribution >= 4 is 5.91 Å². The number of hydrogen-bond acceptors (Lipinski definition) is 3. The van der Waals surface area contributed by atoms with E-state index in [0.717, 1.165) is 12.8 Å². The highest BCUT2D eigenvalue weighted by Crippen LogP contribution is 2.28. The summed E-state index contributed by atoms with van der Waals surface area (Å²) >= 11 is 0. The lowest BCUT2D eigenvalue weighted by Crippen LogP contribution is -2.36. The Balaban J connectivity index is 1.70. The van der Waals surface area contributed by atoms with Crippen molar-refractivity contribution in [2.45, 2.75) is 31.4 Å². The first-order chi connectivity index (χ1) is 11.6. The molecule has 2 aromatic rings. The van der Waals surface area contributed by atoms with E-state index in [-0.39, 0.29) is 17.8 Å². The third-order valence-electron chi connectivity index (χ3n) is 4.42. The summed E-state index contributed by atoms with van der Waals surface area (Å²) in [5.41, 5.74) is 1.37. The van der Waals surface area contributed by atoms with E-state index in [9.17, 15) is 14.3 Å². The predicted molar refractivity (Wildman–Crippen MR) is 85.5 cm³/mol. The fourth-order valence-corrected chi connectivity index (χ4v) is 3.17. The van der Waals surface area contributed by atoms with Crippen LogP contribution in [-0.4, -0.2) is 33.5 Å². The van der Waals surface area contributed by atoms with Gasteiger partial charge in [0.2, 0.25) is 0 Å². The number of aromatic nitrogens is 1. The minimum Gasteiger partial charge on any atom is -0.388 e. The summed E-state index contributed by atoms with van der Waals surface area (Å²) in [7, 11) is 0. The second-order valence-electron chi connectivity index (χ2n) is 6.00. The number of halogens is 1. The Kier molecular flexibility index (Phi) is 4.63. The number of carbonyl (C=O) groups excluding carboxylic acids is 1. The lowest BCUT2D eigenvalue weighted by molar-refractivity contribution is 0.0662. The minimum atomic E-state index is -0.748. The van der Waals surface area contributed by atoms with Gasteiger partial charge in [0, 0.05) is 12.6 Å². The Bertz CT molecular complexity index is 763. The first-order valence-electron chi connectivity index (χ1n) is 7.92. The number of aliphatic hydroxyl groups excluding tert-OH is 1. The van der Waals surface area contributed by atoms with Crippen LogP contribution in [-0.2, 0) is 0 Å². The van der Waals surface area contributed by atoms with Gasteiger partial charge in [-0.2, -0.15) is 5.26 Å². The highest BCUT2D eigenvalue weighted by atomic mass is 19.1. The molecule has 1 saturated heterocycles. The molecule has 6 heteroatoms. The number of aliphatic hydroxyl groups is 1. The van der Waals surface area contributed by atoms with Crippen LogP contribution in [0.4, 0.5) is 4.39 Å². The number of hydrogen-bond donors (Lipinski definition) is 2. The van der Waals surface area contributed by atoms with E-state index < -0.39 is 6.10 Å². The Labute approximate surface area is 139 Å². The molecule has 24 heavy (non-hydrogen) atoms. The Morgan fingerprint density at radius 2 is 2.12 bits per heavy atom. The highest BCUT2D eigenvalue weighted by molar-refractivity contribution is 5.93. The van der Waals surface area contributed by atoms with E-state index in [0.29, 0.717) is 29.9 Å². The molecule has 2 heterocycles. The zero-order valence-corrected chi connectivity index (χ0v) is 13.1. The van der Waals surface area contributed by atoms with Gasteiger partial charge in [0.25, 0.3) is 5.91 Å². The Morgan fingerprint density at radius 1 is 1.38 bits per heavy atom. The number of aromatic amines is 1. The molecule has 2 unspecified atom stereocenters. The number of rotatable bonds is 4. The molecule has 5 nitrogen and oxygen atoms in total. The summed E-state index contributed by atoms with van der Waals surface area (Å²) in [6.07, 6.45) is 1.35. The highest BCUT2D eigenvalue weighted by Gasteiger charge is 2.31. The average Bonchev–Trinajstić information content (AvgIpc) is 3.24. The lowest BCUT2D eigenvalue weighted by Gasteiger charge is -2.26. The maximum Gasteiger partial charge on any atom is 0.270 e. The van der Waals surface area contributed by atoms with Gasteiger partial charge in [-0.05, 0) is 49.1 Å². The monoisotopic (exact) mass is 327 g/mol. The second-order valence-corrected chi connectivity index (χ2v) is 6.00. The molecular formula is C18H18FN3O2. The molecule has 3 rings (SSSR count). The molecule has 1 aromatic heterocycles. The minimum absolute atomic E-state index is 0.0774. The van der Waals surface area contributed by atoms with Crippen LogP contribution < -0.4 is 0 Å². The maximum absolute atomic E-state index is 13.0. The van der Waals surface area contributed by atoms with Gasteiger partial charge >= 0.3 is 0 Å². The molecule has 0 spiro atoms. The van der Waals surface area contributed by atoms with Gasteiger partial charge in [0.05, 0.1) is 6.10 Å². The topological polar surface area (TPSA) is 80.1 Å². The van der Waals surface area contributed by atoms with Crippen molar-refractivity contribution in [3.8, 4) is 6.07 Å². The van der Waals surface area contributed by atoms with Crippen LogP contribution in [0, 0.1) is 17.1 Å². The van der Waals surface area contributed by atoms with Crippen LogP contribution in [0.3, 0.4) is 0 Å². The summed E-state index contributed by atoms with van der Waals surface area (Å²) in [5, 5.41) is 19.2. The van der Waals surface area contributed by atoms with Gasteiger partial charge in [0.1, 0.15) is 23.3 Å². The molecular weight excluding hydrogens is 309 g/mol. The average molecular weight is 327 g/mol. The first-order valence-corrected chi connectivity index (χ1v) is 7.92. The fourth-order valence-electron chi connectivity index (χ4n) is 3.17. The van der Waals surface area contributed by atoms with Gasteiger partial charge in [-0.15, -0.1) is 0 Å².